The SMILES string of the molecule is COc1ccc2nc(NC(=O)C(C)n3c(=O)cc(C)c4cccc(C)c43)sc2c1. The molecular weight excluding hydrogens is 386 g/mol. The van der Waals surface area contributed by atoms with Gasteiger partial charge in [-0.05, 0) is 50.1 Å². The Morgan fingerprint density at radius 3 is 2.72 bits per heavy atom. The Labute approximate surface area is 171 Å². The van der Waals surface area contributed by atoms with Crippen molar-refractivity contribution < 1.29 is 9.53 Å². The molecule has 1 unspecified atom stereocenters. The van der Waals surface area contributed by atoms with E-state index in [2.05, 4.69) is 10.3 Å². The van der Waals surface area contributed by atoms with Crippen LogP contribution in [-0.2, 0) is 4.79 Å². The van der Waals surface area contributed by atoms with Crippen LogP contribution in [0.4, 0.5) is 5.13 Å². The Balaban J connectivity index is 1.71. The third kappa shape index (κ3) is 3.38. The van der Waals surface area contributed by atoms with Crippen LogP contribution in [0.5, 0.6) is 5.75 Å². The lowest BCUT2D eigenvalue weighted by molar-refractivity contribution is -0.118. The van der Waals surface area contributed by atoms with Crippen molar-refractivity contribution in [1.82, 2.24) is 9.55 Å². The van der Waals surface area contributed by atoms with Gasteiger partial charge in [0.15, 0.2) is 5.13 Å². The summed E-state index contributed by atoms with van der Waals surface area (Å²) in [7, 11) is 1.61. The van der Waals surface area contributed by atoms with Crippen LogP contribution in [0.25, 0.3) is 21.1 Å². The van der Waals surface area contributed by atoms with E-state index in [1.807, 2.05) is 50.2 Å². The molecule has 0 aliphatic rings. The molecule has 4 rings (SSSR count). The number of fused-ring (bicyclic) bond motifs is 2. The van der Waals surface area contributed by atoms with Gasteiger partial charge in [-0.2, -0.15) is 0 Å². The standard InChI is InChI=1S/C22H21N3O3S/c1-12-6-5-7-16-13(2)10-19(26)25(20(12)16)14(3)21(27)24-22-23-17-9-8-15(28-4)11-18(17)29-22/h5-11,14H,1-4H3,(H,23,24,27). The molecule has 0 radical (unpaired) electrons. The van der Waals surface area contributed by atoms with Crippen molar-refractivity contribution in [3.8, 4) is 5.75 Å². The maximum Gasteiger partial charge on any atom is 0.252 e. The average Bonchev–Trinajstić information content (AvgIpc) is 3.09. The molecule has 2 aromatic heterocycles. The minimum atomic E-state index is -0.687. The fourth-order valence-electron chi connectivity index (χ4n) is 3.54. The Hall–Kier alpha value is -3.19. The van der Waals surface area contributed by atoms with Gasteiger partial charge in [0.1, 0.15) is 11.8 Å². The number of pyridine rings is 1. The summed E-state index contributed by atoms with van der Waals surface area (Å²) in [5.74, 6) is 0.451. The highest BCUT2D eigenvalue weighted by molar-refractivity contribution is 7.22. The average molecular weight is 407 g/mol. The molecule has 4 aromatic rings. The van der Waals surface area contributed by atoms with Crippen LogP contribution in [-0.4, -0.2) is 22.6 Å². The largest absolute Gasteiger partial charge is 0.497 e. The van der Waals surface area contributed by atoms with Crippen LogP contribution >= 0.6 is 11.3 Å². The van der Waals surface area contributed by atoms with E-state index < -0.39 is 6.04 Å². The molecule has 0 saturated carbocycles. The van der Waals surface area contributed by atoms with Crippen LogP contribution in [0, 0.1) is 13.8 Å². The second-order valence-electron chi connectivity index (χ2n) is 7.02. The van der Waals surface area contributed by atoms with E-state index >= 15 is 0 Å². The highest BCUT2D eigenvalue weighted by Gasteiger charge is 2.21. The molecule has 148 valence electrons. The molecule has 2 heterocycles. The van der Waals surface area contributed by atoms with Crippen LogP contribution in [0.1, 0.15) is 24.1 Å². The van der Waals surface area contributed by atoms with Gasteiger partial charge in [0, 0.05) is 11.5 Å². The number of aromatic nitrogens is 2. The number of para-hydroxylation sites is 1. The van der Waals surface area contributed by atoms with Gasteiger partial charge >= 0.3 is 0 Å². The van der Waals surface area contributed by atoms with Crippen molar-refractivity contribution >= 4 is 43.5 Å². The number of ether oxygens (including phenoxy) is 1. The zero-order valence-electron chi connectivity index (χ0n) is 16.6. The number of nitrogens with zero attached hydrogens (tertiary/aromatic N) is 2. The summed E-state index contributed by atoms with van der Waals surface area (Å²) >= 11 is 1.37. The van der Waals surface area contributed by atoms with Gasteiger partial charge in [0.05, 0.1) is 22.8 Å². The van der Waals surface area contributed by atoms with Crippen molar-refractivity contribution in [3.05, 3.63) is 63.9 Å². The summed E-state index contributed by atoms with van der Waals surface area (Å²) in [4.78, 5) is 30.2. The second kappa shape index (κ2) is 7.33. The number of rotatable bonds is 4. The number of thiazole rings is 1. The van der Waals surface area contributed by atoms with E-state index in [9.17, 15) is 9.59 Å². The predicted octanol–water partition coefficient (Wildman–Crippen LogP) is 4.44. The summed E-state index contributed by atoms with van der Waals surface area (Å²) in [6, 6.07) is 12.3. The van der Waals surface area contributed by atoms with Gasteiger partial charge in [-0.1, -0.05) is 29.5 Å². The normalized spacial score (nSPS) is 12.3. The number of amides is 1. The highest BCUT2D eigenvalue weighted by Crippen LogP contribution is 2.30. The topological polar surface area (TPSA) is 73.2 Å². The van der Waals surface area contributed by atoms with Crippen LogP contribution in [0.15, 0.2) is 47.3 Å². The van der Waals surface area contributed by atoms with Crippen molar-refractivity contribution in [3.63, 3.8) is 0 Å². The summed E-state index contributed by atoms with van der Waals surface area (Å²) in [6.07, 6.45) is 0. The molecule has 29 heavy (non-hydrogen) atoms. The third-order valence-corrected chi connectivity index (χ3v) is 6.01. The number of nitrogens with one attached hydrogen (secondary N) is 1. The Morgan fingerprint density at radius 1 is 1.17 bits per heavy atom. The first-order valence-electron chi connectivity index (χ1n) is 9.26. The molecular formula is C22H21N3O3S. The fourth-order valence-corrected chi connectivity index (χ4v) is 4.43. The minimum absolute atomic E-state index is 0.194. The van der Waals surface area contributed by atoms with E-state index in [1.54, 1.807) is 24.7 Å². The second-order valence-corrected chi connectivity index (χ2v) is 8.06. The number of aryl methyl sites for hydroxylation is 2. The van der Waals surface area contributed by atoms with Gasteiger partial charge in [-0.25, -0.2) is 4.98 Å². The van der Waals surface area contributed by atoms with Gasteiger partial charge in [0.2, 0.25) is 5.91 Å². The van der Waals surface area contributed by atoms with Crippen molar-refractivity contribution in [2.75, 3.05) is 12.4 Å². The lowest BCUT2D eigenvalue weighted by atomic mass is 10.1. The Bertz CT molecular complexity index is 1310. The number of methoxy groups -OCH3 is 1. The summed E-state index contributed by atoms with van der Waals surface area (Å²) in [6.45, 7) is 5.59. The number of carbonyl (C=O) groups is 1. The molecule has 7 heteroatoms. The molecule has 1 N–H and O–H groups in total. The summed E-state index contributed by atoms with van der Waals surface area (Å²) < 4.78 is 7.71. The molecule has 0 aliphatic heterocycles. The van der Waals surface area contributed by atoms with Crippen molar-refractivity contribution in [2.24, 2.45) is 0 Å². The third-order valence-electron chi connectivity index (χ3n) is 5.07. The molecule has 1 amide bonds. The fraction of sp³-hybridized carbons (Fsp3) is 0.227. The molecule has 0 saturated heterocycles. The highest BCUT2D eigenvalue weighted by atomic mass is 32.1. The summed E-state index contributed by atoms with van der Waals surface area (Å²) in [5, 5.41) is 4.32. The Morgan fingerprint density at radius 2 is 1.97 bits per heavy atom. The van der Waals surface area contributed by atoms with Crippen LogP contribution in [0.2, 0.25) is 0 Å². The van der Waals surface area contributed by atoms with E-state index in [4.69, 9.17) is 4.74 Å². The predicted molar refractivity (Wildman–Crippen MR) is 117 cm³/mol. The maximum absolute atomic E-state index is 13.0. The quantitative estimate of drug-likeness (QED) is 0.543. The van der Waals surface area contributed by atoms with Gasteiger partial charge < -0.3 is 10.1 Å². The number of hydrogen-bond acceptors (Lipinski definition) is 5. The lowest BCUT2D eigenvalue weighted by Crippen LogP contribution is -2.32. The first kappa shape index (κ1) is 19.1. The number of benzene rings is 2. The molecule has 0 spiro atoms. The monoisotopic (exact) mass is 407 g/mol. The van der Waals surface area contributed by atoms with E-state index in [1.165, 1.54) is 11.3 Å². The van der Waals surface area contributed by atoms with Crippen LogP contribution < -0.4 is 15.6 Å². The number of hydrogen-bond donors (Lipinski definition) is 1. The van der Waals surface area contributed by atoms with E-state index in [-0.39, 0.29) is 11.5 Å². The van der Waals surface area contributed by atoms with Gasteiger partial charge in [0.25, 0.3) is 5.56 Å². The van der Waals surface area contributed by atoms with Crippen LogP contribution in [0.3, 0.4) is 0 Å². The van der Waals surface area contributed by atoms with Gasteiger partial charge in [-0.15, -0.1) is 0 Å². The minimum Gasteiger partial charge on any atom is -0.497 e. The first-order valence-corrected chi connectivity index (χ1v) is 10.1. The molecule has 2 aromatic carbocycles. The molecule has 0 fully saturated rings. The van der Waals surface area contributed by atoms with E-state index in [0.29, 0.717) is 5.13 Å². The zero-order valence-corrected chi connectivity index (χ0v) is 17.5. The van der Waals surface area contributed by atoms with Crippen molar-refractivity contribution in [2.45, 2.75) is 26.8 Å². The maximum atomic E-state index is 13.0. The van der Waals surface area contributed by atoms with Gasteiger partial charge in [-0.3, -0.25) is 14.2 Å². The first-order chi connectivity index (χ1) is 13.9. The zero-order chi connectivity index (χ0) is 20.7. The molecule has 1 atom stereocenters. The summed E-state index contributed by atoms with van der Waals surface area (Å²) in [5.41, 5.74) is 3.23. The number of carbonyl (C=O) groups excluding carboxylic acids is 1. The molecule has 6 nitrogen and oxygen atoms in total. The van der Waals surface area contributed by atoms with Crippen molar-refractivity contribution in [1.29, 1.82) is 0 Å². The lowest BCUT2D eigenvalue weighted by Gasteiger charge is -2.19. The smallest absolute Gasteiger partial charge is 0.252 e. The van der Waals surface area contributed by atoms with E-state index in [0.717, 1.165) is 38.0 Å². The molecule has 0 aliphatic carbocycles. The Kier molecular flexibility index (Phi) is 4.84. The number of anilines is 1. The molecule has 0 bridgehead atoms.